The lowest BCUT2D eigenvalue weighted by Gasteiger charge is -2.07. The van der Waals surface area contributed by atoms with E-state index in [1.807, 2.05) is 0 Å². The van der Waals surface area contributed by atoms with Crippen molar-refractivity contribution in [1.29, 1.82) is 0 Å². The Morgan fingerprint density at radius 1 is 1.16 bits per heavy atom. The third-order valence-electron chi connectivity index (χ3n) is 2.99. The first kappa shape index (κ1) is 15.7. The van der Waals surface area contributed by atoms with Gasteiger partial charge in [0.05, 0.1) is 0 Å². The number of nitrogens with one attached hydrogen (secondary N) is 1. The molecule has 0 aromatic heterocycles. The zero-order valence-electron chi connectivity index (χ0n) is 12.0. The summed E-state index contributed by atoms with van der Waals surface area (Å²) >= 11 is 0. The van der Waals surface area contributed by atoms with Crippen LogP contribution in [0.15, 0.2) is 24.3 Å². The Morgan fingerprint density at radius 2 is 1.79 bits per heavy atom. The minimum atomic E-state index is -0.708. The molecule has 0 aliphatic carbocycles. The van der Waals surface area contributed by atoms with Crippen LogP contribution < -0.4 is 5.32 Å². The normalized spacial score (nSPS) is 10.9. The van der Waals surface area contributed by atoms with Crippen molar-refractivity contribution in [2.24, 2.45) is 5.92 Å². The van der Waals surface area contributed by atoms with Crippen LogP contribution in [0.5, 0.6) is 0 Å². The van der Waals surface area contributed by atoms with E-state index in [9.17, 15) is 4.79 Å². The van der Waals surface area contributed by atoms with Gasteiger partial charge in [0.1, 0.15) is 0 Å². The predicted molar refractivity (Wildman–Crippen MR) is 78.2 cm³/mol. The highest BCUT2D eigenvalue weighted by molar-refractivity contribution is 5.66. The van der Waals surface area contributed by atoms with Crippen LogP contribution in [0.4, 0.5) is 0 Å². The van der Waals surface area contributed by atoms with Crippen molar-refractivity contribution in [3.63, 3.8) is 0 Å². The van der Waals surface area contributed by atoms with E-state index in [0.717, 1.165) is 32.4 Å². The molecule has 2 N–H and O–H groups in total. The van der Waals surface area contributed by atoms with Crippen molar-refractivity contribution < 1.29 is 9.90 Å². The first-order valence-corrected chi connectivity index (χ1v) is 7.08. The molecule has 1 aromatic rings. The molecule has 0 aliphatic rings. The van der Waals surface area contributed by atoms with E-state index < -0.39 is 5.97 Å². The summed E-state index contributed by atoms with van der Waals surface area (Å²) in [4.78, 5) is 10.3. The van der Waals surface area contributed by atoms with E-state index in [2.05, 4.69) is 43.4 Å². The van der Waals surface area contributed by atoms with E-state index in [0.29, 0.717) is 5.92 Å². The van der Waals surface area contributed by atoms with Crippen LogP contribution in [0.2, 0.25) is 0 Å². The van der Waals surface area contributed by atoms with Gasteiger partial charge in [0.2, 0.25) is 0 Å². The van der Waals surface area contributed by atoms with Crippen molar-refractivity contribution in [2.45, 2.75) is 46.1 Å². The molecule has 19 heavy (non-hydrogen) atoms. The first-order chi connectivity index (χ1) is 9.08. The van der Waals surface area contributed by atoms with Crippen LogP contribution in [0, 0.1) is 5.92 Å². The number of carboxylic acid groups (broad SMARTS) is 1. The van der Waals surface area contributed by atoms with Crippen molar-refractivity contribution in [3.8, 4) is 0 Å². The van der Waals surface area contributed by atoms with Gasteiger partial charge in [-0.25, -0.2) is 0 Å². The Balaban J connectivity index is 2.17. The molecular weight excluding hydrogens is 238 g/mol. The average molecular weight is 263 g/mol. The Bertz CT molecular complexity index is 371. The summed E-state index contributed by atoms with van der Waals surface area (Å²) in [5.74, 6) is -0.0149. The van der Waals surface area contributed by atoms with Crippen LogP contribution >= 0.6 is 0 Å². The standard InChI is InChI=1S/C16H25NO2/c1-13(2)11-14-6-8-15(9-7-14)12-17-10-4-3-5-16(18)19/h6-9,13,17H,3-5,10-12H2,1-2H3,(H,18,19). The molecule has 1 rings (SSSR count). The zero-order chi connectivity index (χ0) is 14.1. The van der Waals surface area contributed by atoms with Gasteiger partial charge in [-0.05, 0) is 42.9 Å². The summed E-state index contributed by atoms with van der Waals surface area (Å²) in [5.41, 5.74) is 2.67. The zero-order valence-corrected chi connectivity index (χ0v) is 12.0. The minimum Gasteiger partial charge on any atom is -0.481 e. The summed E-state index contributed by atoms with van der Waals surface area (Å²) in [7, 11) is 0. The fourth-order valence-electron chi connectivity index (χ4n) is 2.02. The summed E-state index contributed by atoms with van der Waals surface area (Å²) in [6.45, 7) is 6.19. The summed E-state index contributed by atoms with van der Waals surface area (Å²) in [5, 5.41) is 11.9. The lowest BCUT2D eigenvalue weighted by atomic mass is 10.0. The number of hydrogen-bond acceptors (Lipinski definition) is 2. The van der Waals surface area contributed by atoms with Crippen molar-refractivity contribution in [3.05, 3.63) is 35.4 Å². The van der Waals surface area contributed by atoms with E-state index >= 15 is 0 Å². The maximum Gasteiger partial charge on any atom is 0.303 e. The molecule has 3 heteroatoms. The average Bonchev–Trinajstić information content (AvgIpc) is 2.34. The van der Waals surface area contributed by atoms with Crippen LogP contribution in [-0.2, 0) is 17.8 Å². The van der Waals surface area contributed by atoms with E-state index in [-0.39, 0.29) is 6.42 Å². The third-order valence-corrected chi connectivity index (χ3v) is 2.99. The van der Waals surface area contributed by atoms with Crippen LogP contribution in [0.25, 0.3) is 0 Å². The minimum absolute atomic E-state index is 0.269. The number of aliphatic carboxylic acids is 1. The molecule has 106 valence electrons. The molecule has 0 heterocycles. The second-order valence-electron chi connectivity index (χ2n) is 5.44. The number of hydrogen-bond donors (Lipinski definition) is 2. The summed E-state index contributed by atoms with van der Waals surface area (Å²) in [6, 6.07) is 8.73. The maximum absolute atomic E-state index is 10.3. The van der Waals surface area contributed by atoms with Crippen LogP contribution in [-0.4, -0.2) is 17.6 Å². The van der Waals surface area contributed by atoms with Gasteiger partial charge in [-0.3, -0.25) is 4.79 Å². The van der Waals surface area contributed by atoms with Crippen molar-refractivity contribution >= 4 is 5.97 Å². The van der Waals surface area contributed by atoms with Gasteiger partial charge in [0.15, 0.2) is 0 Å². The molecule has 0 radical (unpaired) electrons. The van der Waals surface area contributed by atoms with Gasteiger partial charge >= 0.3 is 5.97 Å². The smallest absolute Gasteiger partial charge is 0.303 e. The highest BCUT2D eigenvalue weighted by atomic mass is 16.4. The highest BCUT2D eigenvalue weighted by Gasteiger charge is 1.99. The van der Waals surface area contributed by atoms with Crippen LogP contribution in [0.1, 0.15) is 44.2 Å². The molecule has 0 saturated carbocycles. The molecule has 1 aromatic carbocycles. The van der Waals surface area contributed by atoms with Gasteiger partial charge < -0.3 is 10.4 Å². The highest BCUT2D eigenvalue weighted by Crippen LogP contribution is 2.09. The predicted octanol–water partition coefficient (Wildman–Crippen LogP) is 3.23. The van der Waals surface area contributed by atoms with Crippen LogP contribution in [0.3, 0.4) is 0 Å². The molecule has 0 amide bonds. The number of unbranched alkanes of at least 4 members (excludes halogenated alkanes) is 1. The topological polar surface area (TPSA) is 49.3 Å². The van der Waals surface area contributed by atoms with Gasteiger partial charge in [-0.2, -0.15) is 0 Å². The fraction of sp³-hybridized carbons (Fsp3) is 0.562. The van der Waals surface area contributed by atoms with Gasteiger partial charge in [0.25, 0.3) is 0 Å². The molecule has 0 unspecified atom stereocenters. The lowest BCUT2D eigenvalue weighted by molar-refractivity contribution is -0.137. The second kappa shape index (κ2) is 8.70. The number of rotatable bonds is 9. The Morgan fingerprint density at radius 3 is 2.37 bits per heavy atom. The van der Waals surface area contributed by atoms with Gasteiger partial charge in [-0.1, -0.05) is 38.1 Å². The summed E-state index contributed by atoms with van der Waals surface area (Å²) in [6.07, 6.45) is 3.06. The Hall–Kier alpha value is -1.35. The van der Waals surface area contributed by atoms with E-state index in [1.54, 1.807) is 0 Å². The first-order valence-electron chi connectivity index (χ1n) is 7.08. The molecule has 3 nitrogen and oxygen atoms in total. The number of carbonyl (C=O) groups is 1. The Labute approximate surface area is 116 Å². The maximum atomic E-state index is 10.3. The molecule has 0 spiro atoms. The fourth-order valence-corrected chi connectivity index (χ4v) is 2.02. The third kappa shape index (κ3) is 7.62. The molecule has 0 fully saturated rings. The summed E-state index contributed by atoms with van der Waals surface area (Å²) < 4.78 is 0. The number of benzene rings is 1. The Kier molecular flexibility index (Phi) is 7.19. The van der Waals surface area contributed by atoms with Gasteiger partial charge in [-0.15, -0.1) is 0 Å². The van der Waals surface area contributed by atoms with E-state index in [1.165, 1.54) is 11.1 Å². The van der Waals surface area contributed by atoms with Crippen molar-refractivity contribution in [1.82, 2.24) is 5.32 Å². The SMILES string of the molecule is CC(C)Cc1ccc(CNCCCCC(=O)O)cc1. The molecular formula is C16H25NO2. The van der Waals surface area contributed by atoms with Gasteiger partial charge in [0, 0.05) is 13.0 Å². The largest absolute Gasteiger partial charge is 0.481 e. The quantitative estimate of drug-likeness (QED) is 0.672. The molecule has 0 bridgehead atoms. The van der Waals surface area contributed by atoms with Crippen molar-refractivity contribution in [2.75, 3.05) is 6.54 Å². The monoisotopic (exact) mass is 263 g/mol. The lowest BCUT2D eigenvalue weighted by Crippen LogP contribution is -2.15. The second-order valence-corrected chi connectivity index (χ2v) is 5.44. The van der Waals surface area contributed by atoms with E-state index in [4.69, 9.17) is 5.11 Å². The molecule has 0 saturated heterocycles. The molecule has 0 atom stereocenters. The molecule has 0 aliphatic heterocycles. The number of carboxylic acids is 1.